The molecule has 8 heteroatoms. The molecule has 0 aromatic heterocycles. The summed E-state index contributed by atoms with van der Waals surface area (Å²) in [5.74, 6) is -0.0898. The van der Waals surface area contributed by atoms with E-state index < -0.39 is 17.9 Å². The number of hydrogen-bond donors (Lipinski definition) is 3. The minimum absolute atomic E-state index is 0.0600. The van der Waals surface area contributed by atoms with Crippen molar-refractivity contribution in [1.82, 2.24) is 10.8 Å². The summed E-state index contributed by atoms with van der Waals surface area (Å²) in [6.45, 7) is 1.87. The maximum Gasteiger partial charge on any atom is 0.251 e. The van der Waals surface area contributed by atoms with Gasteiger partial charge in [-0.15, -0.1) is 0 Å². The molecular formula is C27H30N2O6. The molecule has 0 saturated heterocycles. The minimum atomic E-state index is -0.533. The van der Waals surface area contributed by atoms with Crippen LogP contribution in [-0.4, -0.2) is 43.6 Å². The monoisotopic (exact) mass is 478 g/mol. The molecule has 8 nitrogen and oxygen atoms in total. The van der Waals surface area contributed by atoms with Crippen LogP contribution in [0.3, 0.4) is 0 Å². The van der Waals surface area contributed by atoms with Gasteiger partial charge in [-0.3, -0.25) is 14.8 Å². The Bertz CT molecular complexity index is 1090. The van der Waals surface area contributed by atoms with Crippen molar-refractivity contribution < 1.29 is 29.0 Å². The van der Waals surface area contributed by atoms with Crippen molar-refractivity contribution in [2.24, 2.45) is 5.92 Å². The van der Waals surface area contributed by atoms with Gasteiger partial charge in [-0.1, -0.05) is 49.4 Å². The van der Waals surface area contributed by atoms with Crippen LogP contribution >= 0.6 is 0 Å². The number of hydrogen-bond acceptors (Lipinski definition) is 6. The van der Waals surface area contributed by atoms with E-state index in [0.717, 1.165) is 11.1 Å². The van der Waals surface area contributed by atoms with Gasteiger partial charge >= 0.3 is 0 Å². The van der Waals surface area contributed by atoms with Gasteiger partial charge in [0.25, 0.3) is 5.91 Å². The first-order valence-electron chi connectivity index (χ1n) is 11.2. The Hall–Kier alpha value is -3.72. The number of methoxy groups -OCH3 is 1. The molecule has 3 rings (SSSR count). The van der Waals surface area contributed by atoms with Gasteiger partial charge in [-0.05, 0) is 53.9 Å². The number of carbonyl (C=O) groups excluding carboxylic acids is 2. The van der Waals surface area contributed by atoms with E-state index in [2.05, 4.69) is 5.32 Å². The Morgan fingerprint density at radius 1 is 0.914 bits per heavy atom. The number of carbonyl (C=O) groups is 2. The number of rotatable bonds is 12. The van der Waals surface area contributed by atoms with Crippen molar-refractivity contribution in [3.05, 3.63) is 84.4 Å². The van der Waals surface area contributed by atoms with Crippen molar-refractivity contribution in [1.29, 1.82) is 0 Å². The smallest absolute Gasteiger partial charge is 0.251 e. The SMILES string of the molecule is COCOC[C@H](C[C@H](C)C(=O)NO)NC(=O)c1ccc(Oc2cccc(-c3ccccc3)c2)cc1. The first-order valence-corrected chi connectivity index (χ1v) is 11.2. The number of ether oxygens (including phenoxy) is 3. The predicted octanol–water partition coefficient (Wildman–Crippen LogP) is 4.40. The van der Waals surface area contributed by atoms with E-state index >= 15 is 0 Å². The van der Waals surface area contributed by atoms with Crippen LogP contribution in [0.1, 0.15) is 23.7 Å². The zero-order chi connectivity index (χ0) is 25.0. The summed E-state index contributed by atoms with van der Waals surface area (Å²) in [6, 6.07) is 24.2. The van der Waals surface area contributed by atoms with E-state index in [9.17, 15) is 9.59 Å². The predicted molar refractivity (Wildman–Crippen MR) is 131 cm³/mol. The maximum absolute atomic E-state index is 12.8. The molecule has 3 aromatic rings. The molecule has 0 aliphatic heterocycles. The lowest BCUT2D eigenvalue weighted by Crippen LogP contribution is -2.41. The molecular weight excluding hydrogens is 448 g/mol. The molecule has 35 heavy (non-hydrogen) atoms. The summed E-state index contributed by atoms with van der Waals surface area (Å²) in [7, 11) is 1.50. The third-order valence-electron chi connectivity index (χ3n) is 5.34. The van der Waals surface area contributed by atoms with E-state index in [0.29, 0.717) is 17.1 Å². The summed E-state index contributed by atoms with van der Waals surface area (Å²) in [4.78, 5) is 24.5. The second-order valence-corrected chi connectivity index (χ2v) is 8.08. The summed E-state index contributed by atoms with van der Waals surface area (Å²) in [6.07, 6.45) is 0.279. The van der Waals surface area contributed by atoms with Crippen molar-refractivity contribution in [2.45, 2.75) is 19.4 Å². The van der Waals surface area contributed by atoms with Gasteiger partial charge in [0.15, 0.2) is 0 Å². The van der Waals surface area contributed by atoms with Crippen molar-refractivity contribution >= 4 is 11.8 Å². The number of amides is 2. The fourth-order valence-corrected chi connectivity index (χ4v) is 3.54. The molecule has 3 N–H and O–H groups in total. The molecule has 184 valence electrons. The summed E-state index contributed by atoms with van der Waals surface area (Å²) in [5, 5.41) is 11.7. The van der Waals surface area contributed by atoms with Crippen LogP contribution in [-0.2, 0) is 14.3 Å². The third-order valence-corrected chi connectivity index (χ3v) is 5.34. The molecule has 0 bridgehead atoms. The lowest BCUT2D eigenvalue weighted by atomic mass is 10.0. The summed E-state index contributed by atoms with van der Waals surface area (Å²) >= 11 is 0. The molecule has 0 aliphatic rings. The van der Waals surface area contributed by atoms with E-state index in [1.54, 1.807) is 36.7 Å². The summed E-state index contributed by atoms with van der Waals surface area (Å²) in [5.41, 5.74) is 4.21. The highest BCUT2D eigenvalue weighted by molar-refractivity contribution is 5.94. The molecule has 0 aliphatic carbocycles. The Morgan fingerprint density at radius 3 is 2.31 bits per heavy atom. The van der Waals surface area contributed by atoms with Crippen molar-refractivity contribution in [2.75, 3.05) is 20.5 Å². The standard InChI is InChI=1S/C27H30N2O6/c1-19(26(30)29-32)15-23(17-34-18-33-2)28-27(31)21-11-13-24(14-12-21)35-25-10-6-9-22(16-25)20-7-4-3-5-8-20/h3-14,16,19,23,32H,15,17-18H2,1-2H3,(H,28,31)(H,29,30)/t19-,23-/m0/s1. The number of hydroxylamine groups is 1. The second kappa shape index (κ2) is 13.2. The Morgan fingerprint density at radius 2 is 1.63 bits per heavy atom. The van der Waals surface area contributed by atoms with Crippen LogP contribution in [0.2, 0.25) is 0 Å². The molecule has 0 radical (unpaired) electrons. The van der Waals surface area contributed by atoms with Crippen LogP contribution in [0.15, 0.2) is 78.9 Å². The van der Waals surface area contributed by atoms with E-state index in [-0.39, 0.29) is 25.7 Å². The fraction of sp³-hybridized carbons (Fsp3) is 0.259. The number of benzene rings is 3. The van der Waals surface area contributed by atoms with Crippen LogP contribution in [0, 0.1) is 5.92 Å². The Balaban J connectivity index is 1.63. The minimum Gasteiger partial charge on any atom is -0.457 e. The lowest BCUT2D eigenvalue weighted by Gasteiger charge is -2.21. The van der Waals surface area contributed by atoms with Gasteiger partial charge < -0.3 is 19.5 Å². The van der Waals surface area contributed by atoms with Crippen LogP contribution in [0.4, 0.5) is 0 Å². The molecule has 2 amide bonds. The molecule has 3 aromatic carbocycles. The molecule has 2 atom stereocenters. The van der Waals surface area contributed by atoms with Gasteiger partial charge in [0.05, 0.1) is 12.6 Å². The molecule has 0 fully saturated rings. The highest BCUT2D eigenvalue weighted by Gasteiger charge is 2.21. The largest absolute Gasteiger partial charge is 0.457 e. The highest BCUT2D eigenvalue weighted by Crippen LogP contribution is 2.27. The zero-order valence-electron chi connectivity index (χ0n) is 19.8. The Labute approximate surface area is 204 Å². The Kier molecular flexibility index (Phi) is 9.80. The normalized spacial score (nSPS) is 12.4. The molecule has 0 unspecified atom stereocenters. The van der Waals surface area contributed by atoms with E-state index in [1.165, 1.54) is 7.11 Å². The van der Waals surface area contributed by atoms with Crippen LogP contribution in [0.5, 0.6) is 11.5 Å². The molecule has 0 spiro atoms. The highest BCUT2D eigenvalue weighted by atomic mass is 16.7. The van der Waals surface area contributed by atoms with Crippen molar-refractivity contribution in [3.8, 4) is 22.6 Å². The van der Waals surface area contributed by atoms with E-state index in [4.69, 9.17) is 19.4 Å². The topological polar surface area (TPSA) is 106 Å². The molecule has 0 saturated carbocycles. The summed E-state index contributed by atoms with van der Waals surface area (Å²) < 4.78 is 16.2. The zero-order valence-corrected chi connectivity index (χ0v) is 19.8. The van der Waals surface area contributed by atoms with Crippen molar-refractivity contribution in [3.63, 3.8) is 0 Å². The molecule has 0 heterocycles. The van der Waals surface area contributed by atoms with E-state index in [1.807, 2.05) is 54.6 Å². The van der Waals surface area contributed by atoms with Crippen LogP contribution < -0.4 is 15.5 Å². The second-order valence-electron chi connectivity index (χ2n) is 8.08. The average Bonchev–Trinajstić information content (AvgIpc) is 2.89. The maximum atomic E-state index is 12.8. The fourth-order valence-electron chi connectivity index (χ4n) is 3.54. The third kappa shape index (κ3) is 7.92. The van der Waals surface area contributed by atoms with Gasteiger partial charge in [0.1, 0.15) is 18.3 Å². The van der Waals surface area contributed by atoms with Crippen LogP contribution in [0.25, 0.3) is 11.1 Å². The van der Waals surface area contributed by atoms with Gasteiger partial charge in [-0.2, -0.15) is 0 Å². The van der Waals surface area contributed by atoms with Gasteiger partial charge in [-0.25, -0.2) is 5.48 Å². The van der Waals surface area contributed by atoms with Gasteiger partial charge in [0.2, 0.25) is 5.91 Å². The first-order chi connectivity index (χ1) is 17.0. The first kappa shape index (κ1) is 25.9. The lowest BCUT2D eigenvalue weighted by molar-refractivity contribution is -0.133. The average molecular weight is 479 g/mol. The quantitative estimate of drug-likeness (QED) is 0.154. The van der Waals surface area contributed by atoms with Gasteiger partial charge in [0, 0.05) is 18.6 Å². The number of nitrogens with one attached hydrogen (secondary N) is 2.